The summed E-state index contributed by atoms with van der Waals surface area (Å²) in [6, 6.07) is 7.75. The van der Waals surface area contributed by atoms with Gasteiger partial charge in [-0.2, -0.15) is 0 Å². The standard InChI is InChI=1S/C13H16BrNO2/c14-12-4-2-1-3-11(12)9-17-13(16)8-15-7-10-5-6-10/h1-4,10,15H,5-9H2. The number of hydrogen-bond acceptors (Lipinski definition) is 3. The summed E-state index contributed by atoms with van der Waals surface area (Å²) in [5.74, 6) is 0.590. The minimum absolute atomic E-state index is 0.193. The van der Waals surface area contributed by atoms with Crippen LogP contribution >= 0.6 is 15.9 Å². The van der Waals surface area contributed by atoms with E-state index in [1.165, 1.54) is 12.8 Å². The zero-order valence-corrected chi connectivity index (χ0v) is 11.2. The van der Waals surface area contributed by atoms with Gasteiger partial charge in [0.15, 0.2) is 0 Å². The van der Waals surface area contributed by atoms with Crippen LogP contribution in [0.4, 0.5) is 0 Å². The van der Waals surface area contributed by atoms with Gasteiger partial charge in [-0.3, -0.25) is 4.79 Å². The van der Waals surface area contributed by atoms with Gasteiger partial charge >= 0.3 is 5.97 Å². The number of carbonyl (C=O) groups excluding carboxylic acids is 1. The number of esters is 1. The van der Waals surface area contributed by atoms with Gasteiger partial charge in [0.05, 0.1) is 6.54 Å². The maximum absolute atomic E-state index is 11.4. The fourth-order valence-corrected chi connectivity index (χ4v) is 1.92. The van der Waals surface area contributed by atoms with Crippen LogP contribution in [0, 0.1) is 5.92 Å². The fourth-order valence-electron chi connectivity index (χ4n) is 1.53. The Morgan fingerprint density at radius 1 is 1.41 bits per heavy atom. The van der Waals surface area contributed by atoms with Crippen molar-refractivity contribution in [3.05, 3.63) is 34.3 Å². The maximum atomic E-state index is 11.4. The van der Waals surface area contributed by atoms with E-state index in [2.05, 4.69) is 21.2 Å². The molecule has 3 nitrogen and oxygen atoms in total. The molecule has 1 saturated carbocycles. The molecule has 1 N–H and O–H groups in total. The van der Waals surface area contributed by atoms with E-state index in [0.29, 0.717) is 13.2 Å². The van der Waals surface area contributed by atoms with E-state index < -0.39 is 0 Å². The summed E-state index contributed by atoms with van der Waals surface area (Å²) in [5.41, 5.74) is 0.989. The second-order valence-electron chi connectivity index (χ2n) is 4.33. The molecule has 0 spiro atoms. The molecule has 0 radical (unpaired) electrons. The third-order valence-electron chi connectivity index (χ3n) is 2.75. The maximum Gasteiger partial charge on any atom is 0.320 e. The monoisotopic (exact) mass is 297 g/mol. The van der Waals surface area contributed by atoms with Crippen LogP contribution in [-0.2, 0) is 16.1 Å². The van der Waals surface area contributed by atoms with Gasteiger partial charge < -0.3 is 10.1 Å². The van der Waals surface area contributed by atoms with Crippen molar-refractivity contribution in [3.63, 3.8) is 0 Å². The summed E-state index contributed by atoms with van der Waals surface area (Å²) in [4.78, 5) is 11.4. The molecule has 0 saturated heterocycles. The lowest BCUT2D eigenvalue weighted by molar-refractivity contribution is -0.143. The number of carbonyl (C=O) groups is 1. The molecular weight excluding hydrogens is 282 g/mol. The van der Waals surface area contributed by atoms with Crippen LogP contribution in [0.25, 0.3) is 0 Å². The predicted molar refractivity (Wildman–Crippen MR) is 69.5 cm³/mol. The molecule has 0 amide bonds. The minimum Gasteiger partial charge on any atom is -0.460 e. The van der Waals surface area contributed by atoms with Crippen molar-refractivity contribution in [2.45, 2.75) is 19.4 Å². The van der Waals surface area contributed by atoms with Crippen LogP contribution in [0.2, 0.25) is 0 Å². The summed E-state index contributed by atoms with van der Waals surface area (Å²) in [5, 5.41) is 3.11. The Hall–Kier alpha value is -0.870. The summed E-state index contributed by atoms with van der Waals surface area (Å²) in [6.45, 7) is 1.57. The minimum atomic E-state index is -0.193. The zero-order valence-electron chi connectivity index (χ0n) is 9.62. The molecule has 1 fully saturated rings. The first-order chi connectivity index (χ1) is 8.25. The van der Waals surface area contributed by atoms with E-state index in [1.807, 2.05) is 24.3 Å². The van der Waals surface area contributed by atoms with Crippen LogP contribution in [-0.4, -0.2) is 19.1 Å². The largest absolute Gasteiger partial charge is 0.460 e. The smallest absolute Gasteiger partial charge is 0.320 e. The quantitative estimate of drug-likeness (QED) is 0.820. The number of nitrogens with one attached hydrogen (secondary N) is 1. The van der Waals surface area contributed by atoms with Crippen molar-refractivity contribution in [1.29, 1.82) is 0 Å². The summed E-state index contributed by atoms with van der Waals surface area (Å²) in [7, 11) is 0. The molecule has 4 heteroatoms. The van der Waals surface area contributed by atoms with Crippen LogP contribution in [0.3, 0.4) is 0 Å². The van der Waals surface area contributed by atoms with E-state index in [0.717, 1.165) is 22.5 Å². The lowest BCUT2D eigenvalue weighted by Crippen LogP contribution is -2.26. The van der Waals surface area contributed by atoms with Crippen molar-refractivity contribution < 1.29 is 9.53 Å². The molecule has 0 aromatic heterocycles. The molecule has 2 rings (SSSR count). The van der Waals surface area contributed by atoms with Gasteiger partial charge in [0.2, 0.25) is 0 Å². The van der Waals surface area contributed by atoms with Gasteiger partial charge in [-0.15, -0.1) is 0 Å². The predicted octanol–water partition coefficient (Wildman–Crippen LogP) is 2.49. The van der Waals surface area contributed by atoms with Gasteiger partial charge in [0, 0.05) is 10.0 Å². The Morgan fingerprint density at radius 2 is 2.18 bits per heavy atom. The highest BCUT2D eigenvalue weighted by Crippen LogP contribution is 2.27. The van der Waals surface area contributed by atoms with Crippen molar-refractivity contribution in [3.8, 4) is 0 Å². The Labute approximate surface area is 110 Å². The normalized spacial score (nSPS) is 14.6. The molecular formula is C13H16BrNO2. The first-order valence-electron chi connectivity index (χ1n) is 5.85. The van der Waals surface area contributed by atoms with Crippen LogP contribution in [0.5, 0.6) is 0 Å². The average Bonchev–Trinajstić information content (AvgIpc) is 3.12. The number of benzene rings is 1. The molecule has 0 bridgehead atoms. The molecule has 1 aliphatic carbocycles. The third kappa shape index (κ3) is 4.48. The van der Waals surface area contributed by atoms with Crippen LogP contribution in [0.15, 0.2) is 28.7 Å². The zero-order chi connectivity index (χ0) is 12.1. The first-order valence-corrected chi connectivity index (χ1v) is 6.65. The van der Waals surface area contributed by atoms with E-state index in [-0.39, 0.29) is 5.97 Å². The Kier molecular flexibility index (Phi) is 4.57. The fraction of sp³-hybridized carbons (Fsp3) is 0.462. The van der Waals surface area contributed by atoms with E-state index in [4.69, 9.17) is 4.74 Å². The molecule has 0 heterocycles. The molecule has 0 aliphatic heterocycles. The van der Waals surface area contributed by atoms with Crippen LogP contribution in [0.1, 0.15) is 18.4 Å². The summed E-state index contributed by atoms with van der Waals surface area (Å²) < 4.78 is 6.15. The second kappa shape index (κ2) is 6.17. The van der Waals surface area contributed by atoms with E-state index in [9.17, 15) is 4.79 Å². The second-order valence-corrected chi connectivity index (χ2v) is 5.18. The lowest BCUT2D eigenvalue weighted by Gasteiger charge is -2.07. The Bertz CT molecular complexity index is 391. The summed E-state index contributed by atoms with van der Waals surface area (Å²) >= 11 is 3.42. The SMILES string of the molecule is O=C(CNCC1CC1)OCc1ccccc1Br. The van der Waals surface area contributed by atoms with Crippen molar-refractivity contribution >= 4 is 21.9 Å². The lowest BCUT2D eigenvalue weighted by atomic mass is 10.2. The highest BCUT2D eigenvalue weighted by molar-refractivity contribution is 9.10. The Morgan fingerprint density at radius 3 is 2.88 bits per heavy atom. The molecule has 92 valence electrons. The third-order valence-corrected chi connectivity index (χ3v) is 3.52. The molecule has 0 atom stereocenters. The van der Waals surface area contributed by atoms with E-state index >= 15 is 0 Å². The van der Waals surface area contributed by atoms with Gasteiger partial charge in [-0.1, -0.05) is 34.1 Å². The van der Waals surface area contributed by atoms with Gasteiger partial charge in [-0.25, -0.2) is 0 Å². The molecule has 1 aromatic rings. The highest BCUT2D eigenvalue weighted by Gasteiger charge is 2.20. The van der Waals surface area contributed by atoms with Gasteiger partial charge in [0.1, 0.15) is 6.61 Å². The molecule has 0 unspecified atom stereocenters. The highest BCUT2D eigenvalue weighted by atomic mass is 79.9. The van der Waals surface area contributed by atoms with Gasteiger partial charge in [-0.05, 0) is 31.4 Å². The van der Waals surface area contributed by atoms with Crippen molar-refractivity contribution in [2.24, 2.45) is 5.92 Å². The first kappa shape index (κ1) is 12.6. The topological polar surface area (TPSA) is 38.3 Å². The number of rotatable bonds is 6. The van der Waals surface area contributed by atoms with Gasteiger partial charge in [0.25, 0.3) is 0 Å². The average molecular weight is 298 g/mol. The van der Waals surface area contributed by atoms with Crippen molar-refractivity contribution in [2.75, 3.05) is 13.1 Å². The molecule has 1 aliphatic rings. The Balaban J connectivity index is 1.66. The van der Waals surface area contributed by atoms with E-state index in [1.54, 1.807) is 0 Å². The van der Waals surface area contributed by atoms with Crippen molar-refractivity contribution in [1.82, 2.24) is 5.32 Å². The summed E-state index contributed by atoms with van der Waals surface area (Å²) in [6.07, 6.45) is 2.58. The molecule has 17 heavy (non-hydrogen) atoms. The molecule has 1 aromatic carbocycles. The number of ether oxygens (including phenoxy) is 1. The van der Waals surface area contributed by atoms with Crippen LogP contribution < -0.4 is 5.32 Å². The number of hydrogen-bond donors (Lipinski definition) is 1. The number of halogens is 1.